The molecule has 2 N–H and O–H groups in total. The minimum absolute atomic E-state index is 0.171. The zero-order valence-electron chi connectivity index (χ0n) is 14.6. The van der Waals surface area contributed by atoms with Gasteiger partial charge in [-0.3, -0.25) is 9.59 Å². The number of nitrogens with zero attached hydrogens (tertiary/aromatic N) is 1. The number of amides is 1. The van der Waals surface area contributed by atoms with Crippen LogP contribution in [0.25, 0.3) is 10.6 Å². The molecule has 6 heteroatoms. The number of carbonyl (C=O) groups is 2. The molecule has 1 aliphatic carbocycles. The van der Waals surface area contributed by atoms with Crippen molar-refractivity contribution in [3.8, 4) is 10.6 Å². The van der Waals surface area contributed by atoms with E-state index in [0.29, 0.717) is 12.8 Å². The van der Waals surface area contributed by atoms with Crippen LogP contribution in [0.3, 0.4) is 0 Å². The molecule has 1 heterocycles. The van der Waals surface area contributed by atoms with E-state index in [-0.39, 0.29) is 11.9 Å². The lowest BCUT2D eigenvalue weighted by atomic mass is 9.73. The van der Waals surface area contributed by atoms with Crippen LogP contribution in [0.5, 0.6) is 0 Å². The number of aryl methyl sites for hydroxylation is 2. The van der Waals surface area contributed by atoms with Gasteiger partial charge in [0.25, 0.3) is 0 Å². The maximum atomic E-state index is 12.4. The molecular weight excluding hydrogens is 336 g/mol. The van der Waals surface area contributed by atoms with Crippen molar-refractivity contribution in [1.82, 2.24) is 10.3 Å². The van der Waals surface area contributed by atoms with E-state index in [2.05, 4.69) is 22.4 Å². The van der Waals surface area contributed by atoms with Gasteiger partial charge in [0.05, 0.1) is 28.4 Å². The van der Waals surface area contributed by atoms with Crippen molar-refractivity contribution in [2.75, 3.05) is 0 Å². The Morgan fingerprint density at radius 2 is 1.84 bits per heavy atom. The monoisotopic (exact) mass is 358 g/mol. The third-order valence-electron chi connectivity index (χ3n) is 4.81. The van der Waals surface area contributed by atoms with Crippen molar-refractivity contribution < 1.29 is 14.7 Å². The average molecular weight is 358 g/mol. The fraction of sp³-hybridized carbons (Fsp3) is 0.421. The molecule has 1 amide bonds. The number of rotatable bonds is 5. The number of hydrogen-bond donors (Lipinski definition) is 2. The Morgan fingerprint density at radius 1 is 1.20 bits per heavy atom. The van der Waals surface area contributed by atoms with E-state index in [1.165, 1.54) is 5.56 Å². The zero-order chi connectivity index (χ0) is 18.1. The molecule has 1 aromatic carbocycles. The number of carbonyl (C=O) groups excluding carboxylic acids is 1. The Hall–Kier alpha value is -2.21. The number of thiazole rings is 1. The summed E-state index contributed by atoms with van der Waals surface area (Å²) in [6, 6.07) is 8.03. The molecule has 25 heavy (non-hydrogen) atoms. The highest BCUT2D eigenvalue weighted by Crippen LogP contribution is 2.36. The minimum Gasteiger partial charge on any atom is -0.481 e. The first kappa shape index (κ1) is 17.6. The van der Waals surface area contributed by atoms with Crippen LogP contribution in [-0.2, 0) is 9.59 Å². The summed E-state index contributed by atoms with van der Waals surface area (Å²) in [5, 5.41) is 13.0. The number of aliphatic carboxylic acids is 1. The predicted octanol–water partition coefficient (Wildman–Crippen LogP) is 3.71. The summed E-state index contributed by atoms with van der Waals surface area (Å²) in [6.07, 6.45) is 1.23. The second kappa shape index (κ2) is 6.96. The molecule has 1 aliphatic rings. The Bertz CT molecular complexity index is 798. The molecule has 0 saturated heterocycles. The van der Waals surface area contributed by atoms with Crippen molar-refractivity contribution >= 4 is 23.2 Å². The lowest BCUT2D eigenvalue weighted by molar-refractivity contribution is -0.152. The first-order valence-electron chi connectivity index (χ1n) is 8.44. The van der Waals surface area contributed by atoms with Gasteiger partial charge in [0.15, 0.2) is 0 Å². The number of carboxylic acid groups (broad SMARTS) is 1. The van der Waals surface area contributed by atoms with Gasteiger partial charge in [0.1, 0.15) is 5.01 Å². The predicted molar refractivity (Wildman–Crippen MR) is 97.4 cm³/mol. The fourth-order valence-electron chi connectivity index (χ4n) is 3.12. The van der Waals surface area contributed by atoms with Crippen molar-refractivity contribution in [2.24, 2.45) is 11.8 Å². The Labute approximate surface area is 151 Å². The summed E-state index contributed by atoms with van der Waals surface area (Å²) < 4.78 is 0. The van der Waals surface area contributed by atoms with Crippen LogP contribution in [0, 0.1) is 25.7 Å². The first-order valence-corrected chi connectivity index (χ1v) is 9.26. The molecule has 0 aliphatic heterocycles. The van der Waals surface area contributed by atoms with Crippen molar-refractivity contribution in [3.63, 3.8) is 0 Å². The van der Waals surface area contributed by atoms with Crippen molar-refractivity contribution in [3.05, 3.63) is 40.4 Å². The zero-order valence-corrected chi connectivity index (χ0v) is 15.4. The summed E-state index contributed by atoms with van der Waals surface area (Å²) in [6.45, 7) is 5.91. The van der Waals surface area contributed by atoms with E-state index in [1.54, 1.807) is 11.3 Å². The molecule has 2 aromatic rings. The van der Waals surface area contributed by atoms with E-state index < -0.39 is 17.8 Å². The normalized spacial score (nSPS) is 20.6. The van der Waals surface area contributed by atoms with Gasteiger partial charge in [-0.25, -0.2) is 4.98 Å². The third kappa shape index (κ3) is 3.58. The maximum Gasteiger partial charge on any atom is 0.307 e. The van der Waals surface area contributed by atoms with E-state index in [0.717, 1.165) is 21.1 Å². The van der Waals surface area contributed by atoms with Gasteiger partial charge >= 0.3 is 5.97 Å². The van der Waals surface area contributed by atoms with Crippen molar-refractivity contribution in [2.45, 2.75) is 39.7 Å². The largest absolute Gasteiger partial charge is 0.481 e. The number of benzene rings is 1. The van der Waals surface area contributed by atoms with Gasteiger partial charge in [0.2, 0.25) is 5.91 Å². The Morgan fingerprint density at radius 3 is 2.40 bits per heavy atom. The third-order valence-corrected chi connectivity index (χ3v) is 6.20. The van der Waals surface area contributed by atoms with Crippen LogP contribution >= 0.6 is 11.3 Å². The summed E-state index contributed by atoms with van der Waals surface area (Å²) in [7, 11) is 0. The number of hydrogen-bond acceptors (Lipinski definition) is 4. The van der Waals surface area contributed by atoms with Gasteiger partial charge < -0.3 is 10.4 Å². The van der Waals surface area contributed by atoms with Crippen LogP contribution in [0.2, 0.25) is 0 Å². The number of carboxylic acids is 1. The van der Waals surface area contributed by atoms with Crippen LogP contribution in [0.4, 0.5) is 0 Å². The van der Waals surface area contributed by atoms with Gasteiger partial charge in [-0.05, 0) is 33.6 Å². The Kier molecular flexibility index (Phi) is 4.90. The summed E-state index contributed by atoms with van der Waals surface area (Å²) in [4.78, 5) is 29.1. The molecule has 0 bridgehead atoms. The molecule has 0 radical (unpaired) electrons. The minimum atomic E-state index is -0.880. The molecule has 3 unspecified atom stereocenters. The standard InChI is InChI=1S/C19H22N2O3S/c1-10-4-6-13(7-5-10)18-21-12(3)16(25-18)11(2)20-17(22)14-8-9-15(14)19(23)24/h4-7,11,14-15H,8-9H2,1-3H3,(H,20,22)(H,23,24). The molecular formula is C19H22N2O3S. The van der Waals surface area contributed by atoms with Gasteiger partial charge in [-0.15, -0.1) is 11.3 Å². The SMILES string of the molecule is Cc1ccc(-c2nc(C)c(C(C)NC(=O)C3CCC3C(=O)O)s2)cc1. The molecule has 132 valence electrons. The first-order chi connectivity index (χ1) is 11.9. The van der Waals surface area contributed by atoms with E-state index in [4.69, 9.17) is 5.11 Å². The molecule has 5 nitrogen and oxygen atoms in total. The lowest BCUT2D eigenvalue weighted by Crippen LogP contribution is -2.44. The smallest absolute Gasteiger partial charge is 0.307 e. The highest BCUT2D eigenvalue weighted by molar-refractivity contribution is 7.15. The topological polar surface area (TPSA) is 79.3 Å². The molecule has 1 saturated carbocycles. The van der Waals surface area contributed by atoms with Crippen LogP contribution in [-0.4, -0.2) is 22.0 Å². The Balaban J connectivity index is 1.72. The van der Waals surface area contributed by atoms with E-state index in [9.17, 15) is 9.59 Å². The molecule has 1 aromatic heterocycles. The van der Waals surface area contributed by atoms with Crippen molar-refractivity contribution in [1.29, 1.82) is 0 Å². The van der Waals surface area contributed by atoms with Crippen LogP contribution in [0.1, 0.15) is 41.9 Å². The summed E-state index contributed by atoms with van der Waals surface area (Å²) >= 11 is 1.57. The van der Waals surface area contributed by atoms with Gasteiger partial charge in [0, 0.05) is 5.56 Å². The summed E-state index contributed by atoms with van der Waals surface area (Å²) in [5.74, 6) is -2.01. The maximum absolute atomic E-state index is 12.4. The molecule has 3 atom stereocenters. The lowest BCUT2D eigenvalue weighted by Gasteiger charge is -2.32. The highest BCUT2D eigenvalue weighted by Gasteiger charge is 2.41. The van der Waals surface area contributed by atoms with E-state index in [1.807, 2.05) is 32.9 Å². The second-order valence-electron chi connectivity index (χ2n) is 6.69. The molecule has 1 fully saturated rings. The van der Waals surface area contributed by atoms with Gasteiger partial charge in [-0.1, -0.05) is 29.8 Å². The summed E-state index contributed by atoms with van der Waals surface area (Å²) in [5.41, 5.74) is 3.16. The number of nitrogens with one attached hydrogen (secondary N) is 1. The fourth-order valence-corrected chi connectivity index (χ4v) is 4.20. The second-order valence-corrected chi connectivity index (χ2v) is 7.72. The highest BCUT2D eigenvalue weighted by atomic mass is 32.1. The van der Waals surface area contributed by atoms with Crippen LogP contribution < -0.4 is 5.32 Å². The number of aromatic nitrogens is 1. The van der Waals surface area contributed by atoms with E-state index >= 15 is 0 Å². The van der Waals surface area contributed by atoms with Gasteiger partial charge in [-0.2, -0.15) is 0 Å². The molecule has 3 rings (SSSR count). The van der Waals surface area contributed by atoms with Crippen LogP contribution in [0.15, 0.2) is 24.3 Å². The molecule has 0 spiro atoms. The quantitative estimate of drug-likeness (QED) is 0.854. The average Bonchev–Trinajstić information content (AvgIpc) is 2.88.